The fourth-order valence-electron chi connectivity index (χ4n) is 2.61. The third-order valence-corrected chi connectivity index (χ3v) is 3.91. The van der Waals surface area contributed by atoms with Crippen LogP contribution in [-0.4, -0.2) is 26.9 Å². The van der Waals surface area contributed by atoms with E-state index in [4.69, 9.17) is 15.2 Å². The van der Waals surface area contributed by atoms with E-state index in [9.17, 15) is 0 Å². The molecule has 0 amide bonds. The average molecular weight is 235 g/mol. The summed E-state index contributed by atoms with van der Waals surface area (Å²) in [4.78, 5) is 0. The molecule has 3 nitrogen and oxygen atoms in total. The van der Waals surface area contributed by atoms with Gasteiger partial charge in [0.15, 0.2) is 0 Å². The minimum atomic E-state index is 0.0893. The number of rotatable bonds is 5. The van der Waals surface area contributed by atoms with E-state index in [1.54, 1.807) is 7.11 Å². The van der Waals surface area contributed by atoms with Crippen molar-refractivity contribution in [1.29, 1.82) is 0 Å². The van der Waals surface area contributed by atoms with E-state index in [0.717, 1.165) is 31.9 Å². The lowest BCUT2D eigenvalue weighted by molar-refractivity contribution is -0.0891. The molecule has 1 aromatic carbocycles. The molecule has 0 bridgehead atoms. The largest absolute Gasteiger partial charge is 0.496 e. The highest BCUT2D eigenvalue weighted by Crippen LogP contribution is 2.44. The van der Waals surface area contributed by atoms with Crippen LogP contribution in [0, 0.1) is 5.92 Å². The maximum absolute atomic E-state index is 5.68. The molecule has 1 saturated heterocycles. The molecule has 94 valence electrons. The lowest BCUT2D eigenvalue weighted by atomic mass is 9.68. The van der Waals surface area contributed by atoms with Gasteiger partial charge in [-0.3, -0.25) is 0 Å². The standard InChI is InChI=1S/C14H21NO2/c1-11(7-8-15)14(9-17-10-14)12-5-3-4-6-13(12)16-2/h3-6,11H,7-10,15H2,1-2H3. The van der Waals surface area contributed by atoms with Gasteiger partial charge in [0.1, 0.15) is 5.75 Å². The number of para-hydroxylation sites is 1. The molecule has 0 spiro atoms. The van der Waals surface area contributed by atoms with Crippen LogP contribution >= 0.6 is 0 Å². The van der Waals surface area contributed by atoms with Crippen LogP contribution in [0.1, 0.15) is 18.9 Å². The van der Waals surface area contributed by atoms with Crippen LogP contribution in [0.3, 0.4) is 0 Å². The molecule has 1 aliphatic heterocycles. The molecule has 0 aromatic heterocycles. The molecule has 3 heteroatoms. The maximum atomic E-state index is 5.68. The highest BCUT2D eigenvalue weighted by atomic mass is 16.5. The first kappa shape index (κ1) is 12.4. The predicted octanol–water partition coefficient (Wildman–Crippen LogP) is 1.95. The van der Waals surface area contributed by atoms with Gasteiger partial charge in [-0.25, -0.2) is 0 Å². The first-order chi connectivity index (χ1) is 8.24. The van der Waals surface area contributed by atoms with Crippen molar-refractivity contribution < 1.29 is 9.47 Å². The SMILES string of the molecule is COc1ccccc1C1(C(C)CCN)COC1. The number of methoxy groups -OCH3 is 1. The molecule has 2 rings (SSSR count). The van der Waals surface area contributed by atoms with Gasteiger partial charge in [0.05, 0.1) is 20.3 Å². The summed E-state index contributed by atoms with van der Waals surface area (Å²) < 4.78 is 10.9. The first-order valence-corrected chi connectivity index (χ1v) is 6.16. The van der Waals surface area contributed by atoms with Crippen LogP contribution in [-0.2, 0) is 10.2 Å². The molecule has 0 saturated carbocycles. The summed E-state index contributed by atoms with van der Waals surface area (Å²) in [5, 5.41) is 0. The third kappa shape index (κ3) is 2.05. The fourth-order valence-corrected chi connectivity index (χ4v) is 2.61. The molecule has 1 fully saturated rings. The minimum Gasteiger partial charge on any atom is -0.496 e. The van der Waals surface area contributed by atoms with Crippen LogP contribution < -0.4 is 10.5 Å². The normalized spacial score (nSPS) is 19.5. The van der Waals surface area contributed by atoms with E-state index >= 15 is 0 Å². The third-order valence-electron chi connectivity index (χ3n) is 3.91. The van der Waals surface area contributed by atoms with Gasteiger partial charge in [-0.15, -0.1) is 0 Å². The van der Waals surface area contributed by atoms with Gasteiger partial charge < -0.3 is 15.2 Å². The number of hydrogen-bond acceptors (Lipinski definition) is 3. The Labute approximate surface area is 103 Å². The molecule has 1 unspecified atom stereocenters. The van der Waals surface area contributed by atoms with Gasteiger partial charge in [-0.2, -0.15) is 0 Å². The number of ether oxygens (including phenoxy) is 2. The molecular formula is C14H21NO2. The summed E-state index contributed by atoms with van der Waals surface area (Å²) in [6.45, 7) is 4.52. The van der Waals surface area contributed by atoms with E-state index in [0.29, 0.717) is 5.92 Å². The number of hydrogen-bond donors (Lipinski definition) is 1. The number of nitrogens with two attached hydrogens (primary N) is 1. The van der Waals surface area contributed by atoms with Crippen LogP contribution in [0.2, 0.25) is 0 Å². The molecule has 17 heavy (non-hydrogen) atoms. The Morgan fingerprint density at radius 1 is 1.41 bits per heavy atom. The van der Waals surface area contributed by atoms with Crippen LogP contribution in [0.5, 0.6) is 5.75 Å². The van der Waals surface area contributed by atoms with E-state index in [1.807, 2.05) is 12.1 Å². The second kappa shape index (κ2) is 5.07. The molecule has 0 radical (unpaired) electrons. The first-order valence-electron chi connectivity index (χ1n) is 6.16. The van der Waals surface area contributed by atoms with Crippen molar-refractivity contribution in [3.63, 3.8) is 0 Å². The Morgan fingerprint density at radius 2 is 2.12 bits per heavy atom. The predicted molar refractivity (Wildman–Crippen MR) is 68.3 cm³/mol. The van der Waals surface area contributed by atoms with Crippen LogP contribution in [0.4, 0.5) is 0 Å². The monoisotopic (exact) mass is 235 g/mol. The number of benzene rings is 1. The van der Waals surface area contributed by atoms with Crippen LogP contribution in [0.15, 0.2) is 24.3 Å². The van der Waals surface area contributed by atoms with Crippen molar-refractivity contribution in [1.82, 2.24) is 0 Å². The van der Waals surface area contributed by atoms with E-state index in [1.165, 1.54) is 5.56 Å². The van der Waals surface area contributed by atoms with Crippen molar-refractivity contribution >= 4 is 0 Å². The van der Waals surface area contributed by atoms with Crippen molar-refractivity contribution in [2.45, 2.75) is 18.8 Å². The molecule has 1 aliphatic rings. The highest BCUT2D eigenvalue weighted by Gasteiger charge is 2.46. The van der Waals surface area contributed by atoms with Gasteiger partial charge in [0, 0.05) is 11.0 Å². The quantitative estimate of drug-likeness (QED) is 0.848. The zero-order chi connectivity index (χ0) is 12.3. The summed E-state index contributed by atoms with van der Waals surface area (Å²) in [5.74, 6) is 1.47. The zero-order valence-corrected chi connectivity index (χ0v) is 10.6. The molecular weight excluding hydrogens is 214 g/mol. The second-order valence-electron chi connectivity index (χ2n) is 4.83. The molecule has 1 atom stereocenters. The maximum Gasteiger partial charge on any atom is 0.122 e. The zero-order valence-electron chi connectivity index (χ0n) is 10.6. The van der Waals surface area contributed by atoms with Gasteiger partial charge in [0.2, 0.25) is 0 Å². The Bertz CT molecular complexity index is 374. The molecule has 0 aliphatic carbocycles. The van der Waals surface area contributed by atoms with Crippen LogP contribution in [0.25, 0.3) is 0 Å². The lowest BCUT2D eigenvalue weighted by Crippen LogP contribution is -2.52. The summed E-state index contributed by atoms with van der Waals surface area (Å²) in [5.41, 5.74) is 7.03. The van der Waals surface area contributed by atoms with E-state index in [2.05, 4.69) is 19.1 Å². The summed E-state index contributed by atoms with van der Waals surface area (Å²) in [6.07, 6.45) is 1.02. The minimum absolute atomic E-state index is 0.0893. The highest BCUT2D eigenvalue weighted by molar-refractivity contribution is 5.41. The van der Waals surface area contributed by atoms with Gasteiger partial charge in [-0.05, 0) is 24.9 Å². The Balaban J connectivity index is 2.34. The smallest absolute Gasteiger partial charge is 0.122 e. The van der Waals surface area contributed by atoms with Gasteiger partial charge in [-0.1, -0.05) is 25.1 Å². The molecule has 1 aromatic rings. The lowest BCUT2D eigenvalue weighted by Gasteiger charge is -2.47. The summed E-state index contributed by atoms with van der Waals surface area (Å²) >= 11 is 0. The Kier molecular flexibility index (Phi) is 3.69. The van der Waals surface area contributed by atoms with Crippen molar-refractivity contribution in [2.75, 3.05) is 26.9 Å². The van der Waals surface area contributed by atoms with Crippen molar-refractivity contribution in [3.8, 4) is 5.75 Å². The Morgan fingerprint density at radius 3 is 2.65 bits per heavy atom. The van der Waals surface area contributed by atoms with Gasteiger partial charge >= 0.3 is 0 Å². The molecule has 2 N–H and O–H groups in total. The Hall–Kier alpha value is -1.06. The second-order valence-corrected chi connectivity index (χ2v) is 4.83. The van der Waals surface area contributed by atoms with Crippen molar-refractivity contribution in [3.05, 3.63) is 29.8 Å². The van der Waals surface area contributed by atoms with E-state index < -0.39 is 0 Å². The van der Waals surface area contributed by atoms with Gasteiger partial charge in [0.25, 0.3) is 0 Å². The molecule has 1 heterocycles. The summed E-state index contributed by atoms with van der Waals surface area (Å²) in [6, 6.07) is 8.23. The van der Waals surface area contributed by atoms with E-state index in [-0.39, 0.29) is 5.41 Å². The van der Waals surface area contributed by atoms with Crippen molar-refractivity contribution in [2.24, 2.45) is 11.7 Å². The average Bonchev–Trinajstić information content (AvgIpc) is 2.29. The topological polar surface area (TPSA) is 44.5 Å². The summed E-state index contributed by atoms with van der Waals surface area (Å²) in [7, 11) is 1.72. The fraction of sp³-hybridized carbons (Fsp3) is 0.571.